The highest BCUT2D eigenvalue weighted by atomic mass is 19.1. The molecule has 0 fully saturated rings. The molecule has 0 atom stereocenters. The number of hydrogen-bond donors (Lipinski definition) is 1. The standard InChI is InChI=1S/C17H19F2NO/c1-11-4-12(2)6-14(5-11)10-21-17-15(18)7-13(9-20-3)8-16(17)19/h4-8,20H,9-10H2,1-3H3. The molecular formula is C17H19F2NO. The van der Waals surface area contributed by atoms with E-state index >= 15 is 0 Å². The summed E-state index contributed by atoms with van der Waals surface area (Å²) in [5, 5.41) is 2.85. The maximum Gasteiger partial charge on any atom is 0.191 e. The van der Waals surface area contributed by atoms with Gasteiger partial charge >= 0.3 is 0 Å². The highest BCUT2D eigenvalue weighted by Gasteiger charge is 2.13. The van der Waals surface area contributed by atoms with E-state index in [1.54, 1.807) is 7.05 Å². The minimum Gasteiger partial charge on any atom is -0.483 e. The summed E-state index contributed by atoms with van der Waals surface area (Å²) >= 11 is 0. The molecule has 0 amide bonds. The predicted octanol–water partition coefficient (Wildman–Crippen LogP) is 3.88. The molecule has 0 saturated heterocycles. The second-order valence-corrected chi connectivity index (χ2v) is 5.20. The molecule has 4 heteroatoms. The van der Waals surface area contributed by atoms with Crippen LogP contribution in [0, 0.1) is 25.5 Å². The van der Waals surface area contributed by atoms with E-state index in [0.29, 0.717) is 12.1 Å². The highest BCUT2D eigenvalue weighted by molar-refractivity contribution is 5.32. The van der Waals surface area contributed by atoms with Crippen molar-refractivity contribution in [3.05, 3.63) is 64.2 Å². The van der Waals surface area contributed by atoms with Crippen LogP contribution in [0.4, 0.5) is 8.78 Å². The van der Waals surface area contributed by atoms with Crippen molar-refractivity contribution in [3.63, 3.8) is 0 Å². The van der Waals surface area contributed by atoms with E-state index < -0.39 is 11.6 Å². The van der Waals surface area contributed by atoms with Crippen LogP contribution in [0.2, 0.25) is 0 Å². The van der Waals surface area contributed by atoms with Gasteiger partial charge in [0, 0.05) is 6.54 Å². The van der Waals surface area contributed by atoms with Crippen LogP contribution in [0.5, 0.6) is 5.75 Å². The second kappa shape index (κ2) is 6.68. The van der Waals surface area contributed by atoms with Gasteiger partial charge in [0.1, 0.15) is 6.61 Å². The van der Waals surface area contributed by atoms with Gasteiger partial charge < -0.3 is 10.1 Å². The van der Waals surface area contributed by atoms with Gasteiger partial charge in [0.05, 0.1) is 0 Å². The van der Waals surface area contributed by atoms with Crippen LogP contribution in [0.25, 0.3) is 0 Å². The number of hydrogen-bond acceptors (Lipinski definition) is 2. The zero-order chi connectivity index (χ0) is 15.4. The molecule has 2 aromatic carbocycles. The monoisotopic (exact) mass is 291 g/mol. The van der Waals surface area contributed by atoms with Gasteiger partial charge in [0.2, 0.25) is 0 Å². The van der Waals surface area contributed by atoms with Crippen LogP contribution in [-0.2, 0) is 13.2 Å². The Morgan fingerprint density at radius 2 is 1.48 bits per heavy atom. The average molecular weight is 291 g/mol. The maximum atomic E-state index is 13.9. The Kier molecular flexibility index (Phi) is 4.91. The van der Waals surface area contributed by atoms with Crippen molar-refractivity contribution in [3.8, 4) is 5.75 Å². The summed E-state index contributed by atoms with van der Waals surface area (Å²) < 4.78 is 33.1. The Balaban J connectivity index is 2.16. The molecule has 0 aliphatic heterocycles. The number of rotatable bonds is 5. The Morgan fingerprint density at radius 1 is 0.905 bits per heavy atom. The summed E-state index contributed by atoms with van der Waals surface area (Å²) in [6.45, 7) is 4.50. The molecule has 0 spiro atoms. The summed E-state index contributed by atoms with van der Waals surface area (Å²) in [7, 11) is 1.72. The van der Waals surface area contributed by atoms with Gasteiger partial charge in [-0.2, -0.15) is 0 Å². The number of nitrogens with one attached hydrogen (secondary N) is 1. The van der Waals surface area contributed by atoms with E-state index in [-0.39, 0.29) is 12.4 Å². The molecule has 1 N–H and O–H groups in total. The summed E-state index contributed by atoms with van der Waals surface area (Å²) in [6.07, 6.45) is 0. The van der Waals surface area contributed by atoms with E-state index in [1.165, 1.54) is 12.1 Å². The lowest BCUT2D eigenvalue weighted by Gasteiger charge is -2.11. The predicted molar refractivity (Wildman–Crippen MR) is 79.4 cm³/mol. The van der Waals surface area contributed by atoms with Crippen LogP contribution in [0.3, 0.4) is 0 Å². The lowest BCUT2D eigenvalue weighted by Crippen LogP contribution is -2.07. The minimum absolute atomic E-state index is 0.141. The van der Waals surface area contributed by atoms with Crippen LogP contribution in [0.15, 0.2) is 30.3 Å². The van der Waals surface area contributed by atoms with Gasteiger partial charge in [-0.3, -0.25) is 0 Å². The van der Waals surface area contributed by atoms with E-state index in [1.807, 2.05) is 32.0 Å². The zero-order valence-corrected chi connectivity index (χ0v) is 12.5. The van der Waals surface area contributed by atoms with Gasteiger partial charge in [-0.05, 0) is 44.2 Å². The van der Waals surface area contributed by atoms with Crippen LogP contribution < -0.4 is 10.1 Å². The lowest BCUT2D eigenvalue weighted by atomic mass is 10.1. The summed E-state index contributed by atoms with van der Waals surface area (Å²) in [5.74, 6) is -1.68. The normalized spacial score (nSPS) is 10.7. The number of halogens is 2. The first-order chi connectivity index (χ1) is 9.99. The molecule has 0 heterocycles. The van der Waals surface area contributed by atoms with Gasteiger partial charge in [-0.15, -0.1) is 0 Å². The first-order valence-electron chi connectivity index (χ1n) is 6.82. The third kappa shape index (κ3) is 4.02. The Morgan fingerprint density at radius 3 is 2.00 bits per heavy atom. The molecular weight excluding hydrogens is 272 g/mol. The molecule has 2 nitrogen and oxygen atoms in total. The van der Waals surface area contributed by atoms with Crippen molar-refractivity contribution in [1.82, 2.24) is 5.32 Å². The molecule has 112 valence electrons. The Bertz CT molecular complexity index is 597. The van der Waals surface area contributed by atoms with Gasteiger partial charge in [0.25, 0.3) is 0 Å². The summed E-state index contributed by atoms with van der Waals surface area (Å²) in [4.78, 5) is 0. The first-order valence-corrected chi connectivity index (χ1v) is 6.82. The van der Waals surface area contributed by atoms with Crippen molar-refractivity contribution >= 4 is 0 Å². The smallest absolute Gasteiger partial charge is 0.191 e. The van der Waals surface area contributed by atoms with E-state index in [4.69, 9.17) is 4.74 Å². The van der Waals surface area contributed by atoms with Gasteiger partial charge in [0.15, 0.2) is 17.4 Å². The van der Waals surface area contributed by atoms with Crippen molar-refractivity contribution in [1.29, 1.82) is 0 Å². The molecule has 21 heavy (non-hydrogen) atoms. The van der Waals surface area contributed by atoms with Crippen LogP contribution in [0.1, 0.15) is 22.3 Å². The fourth-order valence-electron chi connectivity index (χ4n) is 2.36. The summed E-state index contributed by atoms with van der Waals surface area (Å²) in [5.41, 5.74) is 3.63. The largest absolute Gasteiger partial charge is 0.483 e. The fourth-order valence-corrected chi connectivity index (χ4v) is 2.36. The van der Waals surface area contributed by atoms with Crippen molar-refractivity contribution < 1.29 is 13.5 Å². The minimum atomic E-state index is -0.676. The van der Waals surface area contributed by atoms with Crippen molar-refractivity contribution in [2.24, 2.45) is 0 Å². The zero-order valence-electron chi connectivity index (χ0n) is 12.5. The fraction of sp³-hybridized carbons (Fsp3) is 0.294. The van der Waals surface area contributed by atoms with Gasteiger partial charge in [-0.25, -0.2) is 8.78 Å². The molecule has 0 bridgehead atoms. The second-order valence-electron chi connectivity index (χ2n) is 5.20. The van der Waals surface area contributed by atoms with Crippen LogP contribution in [-0.4, -0.2) is 7.05 Å². The molecule has 0 saturated carbocycles. The molecule has 0 aliphatic carbocycles. The van der Waals surface area contributed by atoms with Gasteiger partial charge in [-0.1, -0.05) is 29.3 Å². The number of aryl methyl sites for hydroxylation is 2. The number of ether oxygens (including phenoxy) is 1. The lowest BCUT2D eigenvalue weighted by molar-refractivity contribution is 0.273. The number of benzene rings is 2. The maximum absolute atomic E-state index is 13.9. The van der Waals surface area contributed by atoms with E-state index in [2.05, 4.69) is 5.32 Å². The molecule has 2 rings (SSSR count). The van der Waals surface area contributed by atoms with Crippen molar-refractivity contribution in [2.45, 2.75) is 27.0 Å². The van der Waals surface area contributed by atoms with E-state index in [9.17, 15) is 8.78 Å². The third-order valence-electron chi connectivity index (χ3n) is 3.10. The Labute approximate surface area is 123 Å². The molecule has 0 radical (unpaired) electrons. The van der Waals surface area contributed by atoms with Crippen molar-refractivity contribution in [2.75, 3.05) is 7.05 Å². The third-order valence-corrected chi connectivity index (χ3v) is 3.10. The molecule has 0 aromatic heterocycles. The van der Waals surface area contributed by atoms with E-state index in [0.717, 1.165) is 16.7 Å². The molecule has 0 aliphatic rings. The summed E-state index contributed by atoms with van der Waals surface area (Å²) in [6, 6.07) is 8.50. The SMILES string of the molecule is CNCc1cc(F)c(OCc2cc(C)cc(C)c2)c(F)c1. The average Bonchev–Trinajstić information content (AvgIpc) is 2.36. The molecule has 0 unspecified atom stereocenters. The highest BCUT2D eigenvalue weighted by Crippen LogP contribution is 2.24. The van der Waals surface area contributed by atoms with Crippen LogP contribution >= 0.6 is 0 Å². The molecule has 2 aromatic rings. The Hall–Kier alpha value is -1.94. The first kappa shape index (κ1) is 15.4. The topological polar surface area (TPSA) is 21.3 Å². The quantitative estimate of drug-likeness (QED) is 0.902.